The first-order valence-electron chi connectivity index (χ1n) is 12.9. The Bertz CT molecular complexity index is 1240. The Morgan fingerprint density at radius 2 is 1.78 bits per heavy atom. The number of ether oxygens (including phenoxy) is 1. The highest BCUT2D eigenvalue weighted by atomic mass is 16.5. The van der Waals surface area contributed by atoms with Crippen LogP contribution in [0.15, 0.2) is 47.0 Å². The van der Waals surface area contributed by atoms with Crippen molar-refractivity contribution < 1.29 is 14.1 Å². The van der Waals surface area contributed by atoms with Crippen LogP contribution in [-0.4, -0.2) is 42.7 Å². The van der Waals surface area contributed by atoms with Crippen LogP contribution in [0.3, 0.4) is 0 Å². The SMILES string of the molecule is COc1ccc2c(c1)C1(CCN(Cc3ccc(C(C)(C)C)cc3)CC1)CN2C(=O)c1c(C)noc1C. The van der Waals surface area contributed by atoms with Crippen molar-refractivity contribution in [3.8, 4) is 5.75 Å². The minimum atomic E-state index is -0.0783. The fourth-order valence-electron chi connectivity index (χ4n) is 5.81. The number of methoxy groups -OCH3 is 1. The molecule has 1 saturated heterocycles. The summed E-state index contributed by atoms with van der Waals surface area (Å²) >= 11 is 0. The van der Waals surface area contributed by atoms with Crippen molar-refractivity contribution in [2.24, 2.45) is 0 Å². The van der Waals surface area contributed by atoms with E-state index in [9.17, 15) is 4.79 Å². The van der Waals surface area contributed by atoms with Crippen LogP contribution in [0.4, 0.5) is 5.69 Å². The number of amides is 1. The lowest BCUT2D eigenvalue weighted by atomic mass is 9.74. The van der Waals surface area contributed by atoms with E-state index < -0.39 is 0 Å². The molecule has 6 nitrogen and oxygen atoms in total. The average molecular weight is 488 g/mol. The van der Waals surface area contributed by atoms with Gasteiger partial charge in [0.15, 0.2) is 0 Å². The summed E-state index contributed by atoms with van der Waals surface area (Å²) in [5.74, 6) is 1.37. The highest BCUT2D eigenvalue weighted by Gasteiger charge is 2.47. The van der Waals surface area contributed by atoms with Gasteiger partial charge in [-0.15, -0.1) is 0 Å². The molecular weight excluding hydrogens is 450 g/mol. The molecule has 0 atom stereocenters. The zero-order valence-electron chi connectivity index (χ0n) is 22.4. The van der Waals surface area contributed by atoms with Gasteiger partial charge in [-0.3, -0.25) is 9.69 Å². The number of rotatable bonds is 4. The van der Waals surface area contributed by atoms with Gasteiger partial charge in [0.05, 0.1) is 12.8 Å². The van der Waals surface area contributed by atoms with Crippen molar-refractivity contribution in [1.29, 1.82) is 0 Å². The molecule has 6 heteroatoms. The van der Waals surface area contributed by atoms with Crippen LogP contribution in [0.5, 0.6) is 5.75 Å². The highest BCUT2D eigenvalue weighted by Crippen LogP contribution is 2.49. The third kappa shape index (κ3) is 4.32. The number of hydrogen-bond donors (Lipinski definition) is 0. The van der Waals surface area contributed by atoms with Crippen LogP contribution in [0.1, 0.15) is 72.1 Å². The second-order valence-corrected chi connectivity index (χ2v) is 11.5. The zero-order valence-corrected chi connectivity index (χ0v) is 22.4. The summed E-state index contributed by atoms with van der Waals surface area (Å²) in [6.45, 7) is 14.0. The number of carbonyl (C=O) groups excluding carboxylic acids is 1. The predicted molar refractivity (Wildman–Crippen MR) is 142 cm³/mol. The summed E-state index contributed by atoms with van der Waals surface area (Å²) in [6.07, 6.45) is 2.00. The van der Waals surface area contributed by atoms with Crippen LogP contribution in [-0.2, 0) is 17.4 Å². The number of piperidine rings is 1. The molecule has 0 bridgehead atoms. The highest BCUT2D eigenvalue weighted by molar-refractivity contribution is 6.09. The summed E-state index contributed by atoms with van der Waals surface area (Å²) in [5, 5.41) is 4.02. The summed E-state index contributed by atoms with van der Waals surface area (Å²) in [6, 6.07) is 15.2. The number of hydrogen-bond acceptors (Lipinski definition) is 5. The Labute approximate surface area is 214 Å². The molecule has 0 N–H and O–H groups in total. The van der Waals surface area contributed by atoms with Gasteiger partial charge in [-0.05, 0) is 80.1 Å². The maximum atomic E-state index is 13.7. The van der Waals surface area contributed by atoms with Gasteiger partial charge in [0.25, 0.3) is 5.91 Å². The largest absolute Gasteiger partial charge is 0.497 e. The molecule has 1 aromatic heterocycles. The molecular formula is C30H37N3O3. The minimum absolute atomic E-state index is 0.0316. The van der Waals surface area contributed by atoms with Crippen molar-refractivity contribution in [3.63, 3.8) is 0 Å². The number of benzene rings is 2. The molecule has 3 heterocycles. The second-order valence-electron chi connectivity index (χ2n) is 11.5. The number of likely N-dealkylation sites (tertiary alicyclic amines) is 1. The lowest BCUT2D eigenvalue weighted by Gasteiger charge is -2.40. The third-order valence-corrected chi connectivity index (χ3v) is 8.06. The quantitative estimate of drug-likeness (QED) is 0.466. The van der Waals surface area contributed by atoms with Gasteiger partial charge in [0.1, 0.15) is 17.1 Å². The molecule has 2 aliphatic rings. The number of fused-ring (bicyclic) bond motifs is 2. The molecule has 0 aliphatic carbocycles. The number of anilines is 1. The maximum Gasteiger partial charge on any atom is 0.263 e. The van der Waals surface area contributed by atoms with E-state index in [1.54, 1.807) is 14.0 Å². The van der Waals surface area contributed by atoms with Crippen LogP contribution in [0.25, 0.3) is 0 Å². The van der Waals surface area contributed by atoms with Gasteiger partial charge in [-0.25, -0.2) is 0 Å². The van der Waals surface area contributed by atoms with E-state index in [-0.39, 0.29) is 16.7 Å². The molecule has 2 aromatic carbocycles. The molecule has 2 aliphatic heterocycles. The molecule has 1 amide bonds. The summed E-state index contributed by atoms with van der Waals surface area (Å²) in [4.78, 5) is 18.2. The number of aromatic nitrogens is 1. The number of carbonyl (C=O) groups is 1. The number of aryl methyl sites for hydroxylation is 2. The normalized spacial score (nSPS) is 17.4. The topological polar surface area (TPSA) is 58.8 Å². The van der Waals surface area contributed by atoms with Gasteiger partial charge < -0.3 is 14.2 Å². The lowest BCUT2D eigenvalue weighted by molar-refractivity contribution is 0.0973. The molecule has 36 heavy (non-hydrogen) atoms. The average Bonchev–Trinajstić information content (AvgIpc) is 3.36. The van der Waals surface area contributed by atoms with E-state index in [1.165, 1.54) is 16.7 Å². The summed E-state index contributed by atoms with van der Waals surface area (Å²) < 4.78 is 10.9. The lowest BCUT2D eigenvalue weighted by Crippen LogP contribution is -2.45. The monoisotopic (exact) mass is 487 g/mol. The molecule has 5 rings (SSSR count). The van der Waals surface area contributed by atoms with Crippen molar-refractivity contribution in [1.82, 2.24) is 10.1 Å². The van der Waals surface area contributed by atoms with E-state index in [0.29, 0.717) is 23.6 Å². The molecule has 1 fully saturated rings. The van der Waals surface area contributed by atoms with Crippen LogP contribution in [0.2, 0.25) is 0 Å². The smallest absolute Gasteiger partial charge is 0.263 e. The van der Waals surface area contributed by atoms with Crippen molar-refractivity contribution in [2.45, 2.75) is 64.8 Å². The van der Waals surface area contributed by atoms with Gasteiger partial charge >= 0.3 is 0 Å². The second kappa shape index (κ2) is 9.07. The molecule has 3 aromatic rings. The van der Waals surface area contributed by atoms with Crippen LogP contribution < -0.4 is 9.64 Å². The van der Waals surface area contributed by atoms with Crippen LogP contribution in [0, 0.1) is 13.8 Å². The summed E-state index contributed by atoms with van der Waals surface area (Å²) in [7, 11) is 1.70. The molecule has 0 radical (unpaired) electrons. The Morgan fingerprint density at radius 3 is 2.36 bits per heavy atom. The minimum Gasteiger partial charge on any atom is -0.497 e. The maximum absolute atomic E-state index is 13.7. The summed E-state index contributed by atoms with van der Waals surface area (Å²) in [5.41, 5.74) is 6.21. The first-order valence-corrected chi connectivity index (χ1v) is 12.9. The molecule has 0 unspecified atom stereocenters. The zero-order chi connectivity index (χ0) is 25.7. The fourth-order valence-corrected chi connectivity index (χ4v) is 5.81. The van der Waals surface area contributed by atoms with Gasteiger partial charge in [0, 0.05) is 24.2 Å². The van der Waals surface area contributed by atoms with Gasteiger partial charge in [-0.1, -0.05) is 50.2 Å². The van der Waals surface area contributed by atoms with Crippen molar-refractivity contribution in [3.05, 3.63) is 76.2 Å². The Balaban J connectivity index is 1.36. The van der Waals surface area contributed by atoms with Gasteiger partial charge in [-0.2, -0.15) is 0 Å². The van der Waals surface area contributed by atoms with E-state index >= 15 is 0 Å². The van der Waals surface area contributed by atoms with E-state index in [2.05, 4.69) is 61.2 Å². The Morgan fingerprint density at radius 1 is 1.08 bits per heavy atom. The Kier molecular flexibility index (Phi) is 6.19. The fraction of sp³-hybridized carbons (Fsp3) is 0.467. The van der Waals surface area contributed by atoms with Crippen LogP contribution >= 0.6 is 0 Å². The first-order chi connectivity index (χ1) is 17.1. The number of nitrogens with zero attached hydrogens (tertiary/aromatic N) is 3. The standard InChI is InChI=1S/C30H37N3O3/c1-20-27(21(2)36-31-20)28(34)33-19-30(25-17-24(35-6)11-12-26(25)33)13-15-32(16-14-30)18-22-7-9-23(10-8-22)29(3,4)5/h7-12,17H,13-16,18-19H2,1-6H3. The van der Waals surface area contributed by atoms with E-state index in [4.69, 9.17) is 9.26 Å². The van der Waals surface area contributed by atoms with Crippen molar-refractivity contribution in [2.75, 3.05) is 31.6 Å². The molecule has 0 saturated carbocycles. The van der Waals surface area contributed by atoms with E-state index in [0.717, 1.165) is 43.9 Å². The van der Waals surface area contributed by atoms with E-state index in [1.807, 2.05) is 24.0 Å². The van der Waals surface area contributed by atoms with Gasteiger partial charge in [0.2, 0.25) is 0 Å². The molecule has 190 valence electrons. The first kappa shape index (κ1) is 24.6. The molecule has 1 spiro atoms. The third-order valence-electron chi connectivity index (χ3n) is 8.06. The predicted octanol–water partition coefficient (Wildman–Crippen LogP) is 5.79. The Hall–Kier alpha value is -3.12. The van der Waals surface area contributed by atoms with Crippen molar-refractivity contribution >= 4 is 11.6 Å².